The van der Waals surface area contributed by atoms with Crippen LogP contribution in [0, 0.1) is 35.5 Å². The number of carbonyl (C=O) groups is 3. The molecule has 2 saturated carbocycles. The first kappa shape index (κ1) is 18.4. The zero-order chi connectivity index (χ0) is 21.3. The smallest absolute Gasteiger partial charge is 0.343 e. The third kappa shape index (κ3) is 2.67. The second kappa shape index (κ2) is 6.54. The average molecular weight is 415 g/mol. The lowest BCUT2D eigenvalue weighted by Crippen LogP contribution is -2.40. The molecule has 5 aliphatic rings. The normalized spacial score (nSPS) is 32.0. The Balaban J connectivity index is 1.21. The van der Waals surface area contributed by atoms with E-state index in [9.17, 15) is 14.4 Å². The highest BCUT2D eigenvalue weighted by Gasteiger charge is 2.67. The largest absolute Gasteiger partial charge is 0.497 e. The van der Waals surface area contributed by atoms with E-state index in [4.69, 9.17) is 9.47 Å². The molecule has 31 heavy (non-hydrogen) atoms. The second-order valence-electron chi connectivity index (χ2n) is 8.78. The molecular formula is C25H21NO5. The van der Waals surface area contributed by atoms with E-state index in [2.05, 4.69) is 12.2 Å². The van der Waals surface area contributed by atoms with Gasteiger partial charge in [0.2, 0.25) is 11.8 Å². The molecule has 1 aliphatic heterocycles. The van der Waals surface area contributed by atoms with Gasteiger partial charge in [0.25, 0.3) is 0 Å². The predicted octanol–water partition coefficient (Wildman–Crippen LogP) is 3.47. The van der Waals surface area contributed by atoms with Gasteiger partial charge in [0.1, 0.15) is 11.5 Å². The lowest BCUT2D eigenvalue weighted by molar-refractivity contribution is -0.124. The van der Waals surface area contributed by atoms with Crippen LogP contribution in [0.2, 0.25) is 0 Å². The lowest BCUT2D eigenvalue weighted by atomic mass is 9.63. The van der Waals surface area contributed by atoms with E-state index in [0.29, 0.717) is 34.6 Å². The summed E-state index contributed by atoms with van der Waals surface area (Å²) in [6.45, 7) is 0. The first-order valence-electron chi connectivity index (χ1n) is 10.6. The number of esters is 1. The Labute approximate surface area is 179 Å². The van der Waals surface area contributed by atoms with Crippen LogP contribution in [0.3, 0.4) is 0 Å². The number of ether oxygens (including phenoxy) is 2. The molecular weight excluding hydrogens is 394 g/mol. The van der Waals surface area contributed by atoms with Crippen molar-refractivity contribution in [3.05, 3.63) is 66.2 Å². The number of anilines is 1. The van der Waals surface area contributed by atoms with E-state index in [1.54, 1.807) is 48.5 Å². The van der Waals surface area contributed by atoms with Crippen LogP contribution in [0.4, 0.5) is 5.69 Å². The molecule has 2 aromatic carbocycles. The fourth-order valence-corrected chi connectivity index (χ4v) is 5.79. The summed E-state index contributed by atoms with van der Waals surface area (Å²) in [6.07, 6.45) is 5.47. The molecule has 0 spiro atoms. The van der Waals surface area contributed by atoms with E-state index in [-0.39, 0.29) is 35.5 Å². The molecule has 0 N–H and O–H groups in total. The first-order valence-corrected chi connectivity index (χ1v) is 10.6. The van der Waals surface area contributed by atoms with Crippen LogP contribution >= 0.6 is 0 Å². The summed E-state index contributed by atoms with van der Waals surface area (Å²) in [4.78, 5) is 40.1. The van der Waals surface area contributed by atoms with Crippen LogP contribution in [-0.4, -0.2) is 24.9 Å². The summed E-state index contributed by atoms with van der Waals surface area (Å²) in [7, 11) is 1.53. The zero-order valence-electron chi connectivity index (χ0n) is 16.9. The van der Waals surface area contributed by atoms with Gasteiger partial charge >= 0.3 is 5.97 Å². The molecule has 2 bridgehead atoms. The van der Waals surface area contributed by atoms with Gasteiger partial charge in [-0.2, -0.15) is 0 Å². The van der Waals surface area contributed by atoms with Crippen molar-refractivity contribution < 1.29 is 23.9 Å². The number of benzene rings is 2. The molecule has 0 aromatic heterocycles. The van der Waals surface area contributed by atoms with Crippen molar-refractivity contribution in [1.82, 2.24) is 0 Å². The van der Waals surface area contributed by atoms with Crippen LogP contribution in [-0.2, 0) is 9.59 Å². The minimum Gasteiger partial charge on any atom is -0.497 e. The third-order valence-electron chi connectivity index (χ3n) is 7.27. The predicted molar refractivity (Wildman–Crippen MR) is 112 cm³/mol. The third-order valence-corrected chi connectivity index (χ3v) is 7.27. The number of methoxy groups -OCH3 is 1. The van der Waals surface area contributed by atoms with Crippen molar-refractivity contribution in [2.75, 3.05) is 12.0 Å². The molecule has 3 fully saturated rings. The monoisotopic (exact) mass is 415 g/mol. The van der Waals surface area contributed by atoms with Gasteiger partial charge in [0.05, 0.1) is 30.2 Å². The quantitative estimate of drug-likeness (QED) is 0.331. The molecule has 0 unspecified atom stereocenters. The maximum atomic E-state index is 13.2. The van der Waals surface area contributed by atoms with Gasteiger partial charge in [-0.1, -0.05) is 18.2 Å². The highest BCUT2D eigenvalue weighted by Crippen LogP contribution is 2.65. The van der Waals surface area contributed by atoms with Crippen molar-refractivity contribution in [3.8, 4) is 11.5 Å². The van der Waals surface area contributed by atoms with Crippen molar-refractivity contribution in [2.24, 2.45) is 35.5 Å². The Kier molecular flexibility index (Phi) is 3.88. The van der Waals surface area contributed by atoms with Gasteiger partial charge in [0, 0.05) is 0 Å². The van der Waals surface area contributed by atoms with Crippen molar-refractivity contribution in [1.29, 1.82) is 0 Å². The number of rotatable bonds is 4. The van der Waals surface area contributed by atoms with Crippen LogP contribution in [0.1, 0.15) is 16.8 Å². The molecule has 156 valence electrons. The Hall–Kier alpha value is -3.41. The fourth-order valence-electron chi connectivity index (χ4n) is 5.79. The highest BCUT2D eigenvalue weighted by molar-refractivity contribution is 6.22. The highest BCUT2D eigenvalue weighted by atomic mass is 16.5. The van der Waals surface area contributed by atoms with Gasteiger partial charge in [-0.3, -0.25) is 14.5 Å². The number of carbonyl (C=O) groups excluding carboxylic acids is 3. The van der Waals surface area contributed by atoms with Gasteiger partial charge < -0.3 is 9.47 Å². The Morgan fingerprint density at radius 2 is 1.55 bits per heavy atom. The van der Waals surface area contributed by atoms with Gasteiger partial charge in [0.15, 0.2) is 0 Å². The summed E-state index contributed by atoms with van der Waals surface area (Å²) in [5, 5.41) is 0. The van der Waals surface area contributed by atoms with Crippen molar-refractivity contribution in [3.63, 3.8) is 0 Å². The minimum atomic E-state index is -0.507. The summed E-state index contributed by atoms with van der Waals surface area (Å²) in [5.41, 5.74) is 0.901. The Morgan fingerprint density at radius 1 is 0.903 bits per heavy atom. The molecule has 4 aliphatic carbocycles. The summed E-state index contributed by atoms with van der Waals surface area (Å²) >= 11 is 0. The Morgan fingerprint density at radius 3 is 2.16 bits per heavy atom. The standard InChI is InChI=1S/C25H21NO5/c1-30-16-4-2-3-13(11-16)25(29)31-15-7-5-14(6-8-15)26-23(27)21-17-9-10-18(20-12-19(17)20)22(21)24(26)28/h2-11,17-22H,12H2,1H3/t17-,18-,19-,20-,21-,22+/m0/s1. The van der Waals surface area contributed by atoms with Gasteiger partial charge in [-0.05, 0) is 72.6 Å². The van der Waals surface area contributed by atoms with Crippen molar-refractivity contribution >= 4 is 23.5 Å². The first-order chi connectivity index (χ1) is 15.1. The molecule has 6 atom stereocenters. The molecule has 6 heteroatoms. The summed E-state index contributed by atoms with van der Waals surface area (Å²) < 4.78 is 10.6. The average Bonchev–Trinajstić information content (AvgIpc) is 3.58. The van der Waals surface area contributed by atoms with Crippen LogP contribution in [0.25, 0.3) is 0 Å². The lowest BCUT2D eigenvalue weighted by Gasteiger charge is -2.37. The molecule has 1 saturated heterocycles. The molecule has 7 rings (SSSR count). The van der Waals surface area contributed by atoms with E-state index in [1.165, 1.54) is 12.0 Å². The zero-order valence-corrected chi connectivity index (χ0v) is 16.9. The topological polar surface area (TPSA) is 72.9 Å². The SMILES string of the molecule is COc1cccc(C(=O)Oc2ccc(N3C(=O)[C@@H]4[C@H]5C=C[C@@H]([C@@H]6C[C@@H]56)[C@@H]4C3=O)cc2)c1. The number of imide groups is 1. The van der Waals surface area contributed by atoms with E-state index in [1.807, 2.05) is 0 Å². The number of nitrogens with zero attached hydrogens (tertiary/aromatic N) is 1. The van der Waals surface area contributed by atoms with Crippen LogP contribution in [0.5, 0.6) is 11.5 Å². The second-order valence-corrected chi connectivity index (χ2v) is 8.78. The number of hydrogen-bond donors (Lipinski definition) is 0. The molecule has 2 amide bonds. The summed E-state index contributed by atoms with van der Waals surface area (Å²) in [6, 6.07) is 13.3. The fraction of sp³-hybridized carbons (Fsp3) is 0.320. The number of hydrogen-bond acceptors (Lipinski definition) is 5. The number of amides is 2. The van der Waals surface area contributed by atoms with E-state index in [0.717, 1.165) is 6.42 Å². The molecule has 0 radical (unpaired) electrons. The maximum absolute atomic E-state index is 13.2. The van der Waals surface area contributed by atoms with Gasteiger partial charge in [-0.25, -0.2) is 4.79 Å². The summed E-state index contributed by atoms with van der Waals surface area (Å²) in [5.74, 6) is 1.31. The van der Waals surface area contributed by atoms with Gasteiger partial charge in [-0.15, -0.1) is 0 Å². The van der Waals surface area contributed by atoms with Crippen molar-refractivity contribution in [2.45, 2.75) is 6.42 Å². The number of allylic oxidation sites excluding steroid dienone is 2. The molecule has 1 heterocycles. The van der Waals surface area contributed by atoms with Crippen LogP contribution in [0.15, 0.2) is 60.7 Å². The Bertz CT molecular complexity index is 1100. The maximum Gasteiger partial charge on any atom is 0.343 e. The van der Waals surface area contributed by atoms with E-state index < -0.39 is 5.97 Å². The molecule has 2 aromatic rings. The van der Waals surface area contributed by atoms with Crippen LogP contribution < -0.4 is 14.4 Å². The molecule has 6 nitrogen and oxygen atoms in total. The minimum absolute atomic E-state index is 0.0965. The van der Waals surface area contributed by atoms with E-state index >= 15 is 0 Å².